The van der Waals surface area contributed by atoms with Crippen molar-refractivity contribution >= 4 is 11.5 Å². The summed E-state index contributed by atoms with van der Waals surface area (Å²) >= 11 is 0. The third-order valence-electron chi connectivity index (χ3n) is 3.90. The molecule has 0 saturated carbocycles. The molecule has 2 heteroatoms. The van der Waals surface area contributed by atoms with Gasteiger partial charge in [-0.3, -0.25) is 0 Å². The second-order valence-corrected chi connectivity index (χ2v) is 6.61. The van der Waals surface area contributed by atoms with Crippen molar-refractivity contribution in [3.63, 3.8) is 0 Å². The van der Waals surface area contributed by atoms with E-state index in [4.69, 9.17) is 0 Å². The molecule has 0 bridgehead atoms. The molecular formula is C20H22O2. The predicted molar refractivity (Wildman–Crippen MR) is 91.4 cm³/mol. The van der Waals surface area contributed by atoms with E-state index < -0.39 is 5.97 Å². The second-order valence-electron chi connectivity index (χ2n) is 6.61. The van der Waals surface area contributed by atoms with Crippen LogP contribution < -0.4 is 0 Å². The van der Waals surface area contributed by atoms with Crippen LogP contribution in [-0.4, -0.2) is 11.1 Å². The average molecular weight is 294 g/mol. The molecule has 2 aromatic carbocycles. The zero-order chi connectivity index (χ0) is 16.5. The molecule has 1 N–H and O–H groups in total. The van der Waals surface area contributed by atoms with Crippen LogP contribution in [0.15, 0.2) is 49.0 Å². The summed E-state index contributed by atoms with van der Waals surface area (Å²) in [4.78, 5) is 11.4. The topological polar surface area (TPSA) is 37.3 Å². The highest BCUT2D eigenvalue weighted by molar-refractivity contribution is 5.96. The quantitative estimate of drug-likeness (QED) is 0.859. The Morgan fingerprint density at radius 2 is 1.59 bits per heavy atom. The minimum absolute atomic E-state index is 0.0869. The molecule has 0 heterocycles. The molecule has 2 aromatic rings. The van der Waals surface area contributed by atoms with Crippen LogP contribution in [0.1, 0.15) is 53.4 Å². The third kappa shape index (κ3) is 3.11. The molecule has 0 aromatic heterocycles. The van der Waals surface area contributed by atoms with Crippen LogP contribution in [0, 0.1) is 6.92 Å². The average Bonchev–Trinajstić information content (AvgIpc) is 2.45. The molecule has 0 aliphatic rings. The van der Waals surface area contributed by atoms with Crippen molar-refractivity contribution < 1.29 is 9.90 Å². The third-order valence-corrected chi connectivity index (χ3v) is 3.90. The molecule has 2 rings (SSSR count). The van der Waals surface area contributed by atoms with Gasteiger partial charge in [-0.25, -0.2) is 4.79 Å². The van der Waals surface area contributed by atoms with Gasteiger partial charge in [-0.15, -0.1) is 0 Å². The number of carbonyl (C=O) groups is 1. The predicted octanol–water partition coefficient (Wildman–Crippen LogP) is 5.05. The van der Waals surface area contributed by atoms with Crippen LogP contribution in [0.5, 0.6) is 0 Å². The maximum absolute atomic E-state index is 11.4. The van der Waals surface area contributed by atoms with Gasteiger partial charge in [0.2, 0.25) is 0 Å². The van der Waals surface area contributed by atoms with Crippen LogP contribution >= 0.6 is 0 Å². The Labute approximate surface area is 132 Å². The first-order chi connectivity index (χ1) is 10.2. The van der Waals surface area contributed by atoms with Gasteiger partial charge in [0.25, 0.3) is 0 Å². The van der Waals surface area contributed by atoms with E-state index in [9.17, 15) is 9.90 Å². The number of carboxylic acid groups (broad SMARTS) is 1. The Kier molecular flexibility index (Phi) is 4.23. The summed E-state index contributed by atoms with van der Waals surface area (Å²) in [7, 11) is 0. The van der Waals surface area contributed by atoms with Gasteiger partial charge in [-0.2, -0.15) is 0 Å². The van der Waals surface area contributed by atoms with Gasteiger partial charge in [0.15, 0.2) is 0 Å². The molecule has 114 valence electrons. The summed E-state index contributed by atoms with van der Waals surface area (Å²) in [5.74, 6) is -0.930. The molecule has 22 heavy (non-hydrogen) atoms. The second kappa shape index (κ2) is 5.80. The minimum Gasteiger partial charge on any atom is -0.478 e. The number of rotatable bonds is 3. The molecule has 0 aliphatic heterocycles. The smallest absolute Gasteiger partial charge is 0.336 e. The minimum atomic E-state index is -0.930. The maximum Gasteiger partial charge on any atom is 0.336 e. The van der Waals surface area contributed by atoms with Crippen molar-refractivity contribution in [2.75, 3.05) is 0 Å². The molecule has 2 nitrogen and oxygen atoms in total. The van der Waals surface area contributed by atoms with E-state index >= 15 is 0 Å². The lowest BCUT2D eigenvalue weighted by Crippen LogP contribution is -2.11. The summed E-state index contributed by atoms with van der Waals surface area (Å²) in [6.45, 7) is 12.7. The number of benzene rings is 2. The van der Waals surface area contributed by atoms with Gasteiger partial charge in [0, 0.05) is 0 Å². The van der Waals surface area contributed by atoms with Crippen LogP contribution in [-0.2, 0) is 5.41 Å². The van der Waals surface area contributed by atoms with Crippen LogP contribution in [0.4, 0.5) is 0 Å². The molecule has 0 aliphatic carbocycles. The van der Waals surface area contributed by atoms with E-state index in [0.29, 0.717) is 5.56 Å². The first kappa shape index (κ1) is 16.0. The van der Waals surface area contributed by atoms with Crippen molar-refractivity contribution in [2.45, 2.75) is 33.1 Å². The molecule has 0 atom stereocenters. The molecule has 0 fully saturated rings. The van der Waals surface area contributed by atoms with E-state index in [-0.39, 0.29) is 11.0 Å². The Balaban J connectivity index is 2.50. The van der Waals surface area contributed by atoms with Gasteiger partial charge in [0.1, 0.15) is 0 Å². The SMILES string of the molecule is C=C(c1ccc(C(C)(C)C)cc1C)c1ccccc1C(=O)O. The van der Waals surface area contributed by atoms with Crippen molar-refractivity contribution in [1.29, 1.82) is 0 Å². The monoisotopic (exact) mass is 294 g/mol. The van der Waals surface area contributed by atoms with Crippen molar-refractivity contribution in [2.24, 2.45) is 0 Å². The van der Waals surface area contributed by atoms with Gasteiger partial charge in [-0.05, 0) is 46.2 Å². The van der Waals surface area contributed by atoms with Crippen LogP contribution in [0.3, 0.4) is 0 Å². The van der Waals surface area contributed by atoms with Crippen LogP contribution in [0.25, 0.3) is 5.57 Å². The fourth-order valence-electron chi connectivity index (χ4n) is 2.55. The highest BCUT2D eigenvalue weighted by atomic mass is 16.4. The van der Waals surface area contributed by atoms with E-state index in [1.165, 1.54) is 5.56 Å². The van der Waals surface area contributed by atoms with Gasteiger partial charge in [-0.1, -0.05) is 63.7 Å². The molecule has 0 amide bonds. The fraction of sp³-hybridized carbons (Fsp3) is 0.250. The number of aromatic carboxylic acids is 1. The highest BCUT2D eigenvalue weighted by Gasteiger charge is 2.17. The van der Waals surface area contributed by atoms with E-state index in [2.05, 4.69) is 39.5 Å². The van der Waals surface area contributed by atoms with Gasteiger partial charge >= 0.3 is 5.97 Å². The maximum atomic E-state index is 11.4. The highest BCUT2D eigenvalue weighted by Crippen LogP contribution is 2.30. The number of carboxylic acids is 1. The molecule has 0 unspecified atom stereocenters. The number of aryl methyl sites for hydroxylation is 1. The van der Waals surface area contributed by atoms with Gasteiger partial charge < -0.3 is 5.11 Å². The zero-order valence-corrected chi connectivity index (χ0v) is 13.6. The van der Waals surface area contributed by atoms with Gasteiger partial charge in [0.05, 0.1) is 5.56 Å². The molecule has 0 spiro atoms. The van der Waals surface area contributed by atoms with Crippen LogP contribution in [0.2, 0.25) is 0 Å². The lowest BCUT2D eigenvalue weighted by molar-refractivity contribution is 0.0696. The lowest BCUT2D eigenvalue weighted by atomic mass is 9.83. The Morgan fingerprint density at radius 3 is 2.09 bits per heavy atom. The standard InChI is InChI=1S/C20H22O2/c1-13-12-15(20(3,4)5)10-11-16(13)14(2)17-8-6-7-9-18(17)19(21)22/h6-12H,2H2,1,3-5H3,(H,21,22). The lowest BCUT2D eigenvalue weighted by Gasteiger charge is -2.21. The van der Waals surface area contributed by atoms with E-state index in [1.54, 1.807) is 12.1 Å². The zero-order valence-electron chi connectivity index (χ0n) is 13.6. The molecular weight excluding hydrogens is 272 g/mol. The largest absolute Gasteiger partial charge is 0.478 e. The van der Waals surface area contributed by atoms with E-state index in [0.717, 1.165) is 16.7 Å². The molecule has 0 saturated heterocycles. The summed E-state index contributed by atoms with van der Waals surface area (Å²) in [5.41, 5.74) is 5.14. The van der Waals surface area contributed by atoms with E-state index in [1.807, 2.05) is 25.1 Å². The summed E-state index contributed by atoms with van der Waals surface area (Å²) in [5, 5.41) is 9.34. The first-order valence-electron chi connectivity index (χ1n) is 7.35. The van der Waals surface area contributed by atoms with Crippen molar-refractivity contribution in [3.05, 3.63) is 76.9 Å². The Morgan fingerprint density at radius 1 is 1.00 bits per heavy atom. The number of hydrogen-bond acceptors (Lipinski definition) is 1. The normalized spacial score (nSPS) is 11.3. The fourth-order valence-corrected chi connectivity index (χ4v) is 2.55. The Bertz CT molecular complexity index is 734. The first-order valence-corrected chi connectivity index (χ1v) is 7.35. The van der Waals surface area contributed by atoms with Crippen molar-refractivity contribution in [1.82, 2.24) is 0 Å². The molecule has 0 radical (unpaired) electrons. The summed E-state index contributed by atoms with van der Waals surface area (Å²) in [6, 6.07) is 13.3. The Hall–Kier alpha value is -2.35. The summed E-state index contributed by atoms with van der Waals surface area (Å²) < 4.78 is 0. The van der Waals surface area contributed by atoms with Crippen molar-refractivity contribution in [3.8, 4) is 0 Å². The number of hydrogen-bond donors (Lipinski definition) is 1. The summed E-state index contributed by atoms with van der Waals surface area (Å²) in [6.07, 6.45) is 0.